The van der Waals surface area contributed by atoms with Crippen molar-refractivity contribution in [1.82, 2.24) is 10.3 Å². The number of para-hydroxylation sites is 1. The molecule has 0 fully saturated rings. The van der Waals surface area contributed by atoms with Crippen molar-refractivity contribution in [1.29, 1.82) is 5.26 Å². The summed E-state index contributed by atoms with van der Waals surface area (Å²) in [5, 5.41) is 12.5. The number of nitriles is 1. The number of amides is 1. The van der Waals surface area contributed by atoms with Crippen LogP contribution in [0.15, 0.2) is 60.7 Å². The van der Waals surface area contributed by atoms with E-state index in [9.17, 15) is 9.59 Å². The minimum Gasteiger partial charge on any atom is -0.467 e. The topological polar surface area (TPSA) is 92.1 Å². The van der Waals surface area contributed by atoms with Crippen molar-refractivity contribution in [2.75, 3.05) is 7.11 Å². The Morgan fingerprint density at radius 3 is 2.56 bits per heavy atom. The van der Waals surface area contributed by atoms with E-state index in [-0.39, 0.29) is 12.1 Å². The van der Waals surface area contributed by atoms with Crippen LogP contribution in [0.2, 0.25) is 0 Å². The monoisotopic (exact) mass is 359 g/mol. The predicted octanol–water partition coefficient (Wildman–Crippen LogP) is 2.62. The molecule has 0 saturated heterocycles. The summed E-state index contributed by atoms with van der Waals surface area (Å²) in [6.45, 7) is 0. The van der Waals surface area contributed by atoms with Gasteiger partial charge in [-0.2, -0.15) is 5.26 Å². The Labute approximate surface area is 156 Å². The SMILES string of the molecule is COC(=O)[C@H](Cc1ccc(C#N)cc1)NC(=O)c1ccc2ccccc2n1. The third-order valence-electron chi connectivity index (χ3n) is 4.14. The van der Waals surface area contributed by atoms with Crippen LogP contribution >= 0.6 is 0 Å². The van der Waals surface area contributed by atoms with Crippen molar-refractivity contribution in [2.45, 2.75) is 12.5 Å². The van der Waals surface area contributed by atoms with E-state index in [1.54, 1.807) is 30.3 Å². The number of rotatable bonds is 5. The molecule has 1 atom stereocenters. The summed E-state index contributed by atoms with van der Waals surface area (Å²) in [5.41, 5.74) is 2.25. The molecule has 1 aromatic heterocycles. The second kappa shape index (κ2) is 8.11. The molecule has 0 unspecified atom stereocenters. The Hall–Kier alpha value is -3.72. The van der Waals surface area contributed by atoms with E-state index >= 15 is 0 Å². The summed E-state index contributed by atoms with van der Waals surface area (Å²) in [6.07, 6.45) is 0.248. The smallest absolute Gasteiger partial charge is 0.328 e. The van der Waals surface area contributed by atoms with Crippen molar-refractivity contribution in [3.8, 4) is 6.07 Å². The van der Waals surface area contributed by atoms with Gasteiger partial charge in [0.15, 0.2) is 0 Å². The number of methoxy groups -OCH3 is 1. The highest BCUT2D eigenvalue weighted by Crippen LogP contribution is 2.13. The fraction of sp³-hybridized carbons (Fsp3) is 0.143. The van der Waals surface area contributed by atoms with Gasteiger partial charge in [-0.3, -0.25) is 4.79 Å². The molecule has 134 valence electrons. The lowest BCUT2D eigenvalue weighted by molar-refractivity contribution is -0.142. The Kier molecular flexibility index (Phi) is 5.43. The molecule has 0 aliphatic carbocycles. The van der Waals surface area contributed by atoms with Gasteiger partial charge in [-0.05, 0) is 29.8 Å². The summed E-state index contributed by atoms with van der Waals surface area (Å²) >= 11 is 0. The fourth-order valence-corrected chi connectivity index (χ4v) is 2.71. The van der Waals surface area contributed by atoms with Crippen LogP contribution in [0.1, 0.15) is 21.6 Å². The van der Waals surface area contributed by atoms with Crippen LogP contribution in [0.25, 0.3) is 10.9 Å². The van der Waals surface area contributed by atoms with Crippen LogP contribution < -0.4 is 5.32 Å². The van der Waals surface area contributed by atoms with Crippen LogP contribution in [0.5, 0.6) is 0 Å². The number of hydrogen-bond donors (Lipinski definition) is 1. The lowest BCUT2D eigenvalue weighted by Gasteiger charge is -2.16. The number of nitrogens with zero attached hydrogens (tertiary/aromatic N) is 2. The minimum absolute atomic E-state index is 0.224. The van der Waals surface area contributed by atoms with Gasteiger partial charge in [0.05, 0.1) is 24.3 Å². The average Bonchev–Trinajstić information content (AvgIpc) is 2.72. The van der Waals surface area contributed by atoms with E-state index in [1.165, 1.54) is 7.11 Å². The zero-order valence-electron chi connectivity index (χ0n) is 14.7. The molecule has 1 heterocycles. The van der Waals surface area contributed by atoms with E-state index in [4.69, 9.17) is 10.00 Å². The van der Waals surface area contributed by atoms with Crippen LogP contribution in [0.4, 0.5) is 0 Å². The molecule has 0 aliphatic rings. The second-order valence-corrected chi connectivity index (χ2v) is 5.95. The summed E-state index contributed by atoms with van der Waals surface area (Å²) in [4.78, 5) is 29.0. The lowest BCUT2D eigenvalue weighted by Crippen LogP contribution is -2.43. The number of nitrogens with one attached hydrogen (secondary N) is 1. The average molecular weight is 359 g/mol. The number of fused-ring (bicyclic) bond motifs is 1. The zero-order chi connectivity index (χ0) is 19.2. The number of esters is 1. The van der Waals surface area contributed by atoms with Gasteiger partial charge in [-0.1, -0.05) is 36.4 Å². The molecule has 1 amide bonds. The van der Waals surface area contributed by atoms with Gasteiger partial charge in [0, 0.05) is 11.8 Å². The van der Waals surface area contributed by atoms with Gasteiger partial charge in [-0.15, -0.1) is 0 Å². The highest BCUT2D eigenvalue weighted by atomic mass is 16.5. The van der Waals surface area contributed by atoms with Crippen LogP contribution in [-0.4, -0.2) is 30.0 Å². The molecule has 2 aromatic carbocycles. The number of pyridine rings is 1. The molecule has 0 aliphatic heterocycles. The van der Waals surface area contributed by atoms with Gasteiger partial charge in [0.2, 0.25) is 0 Å². The third kappa shape index (κ3) is 4.28. The molecule has 0 radical (unpaired) electrons. The number of aromatic nitrogens is 1. The Balaban J connectivity index is 1.79. The van der Waals surface area contributed by atoms with Crippen molar-refractivity contribution in [3.63, 3.8) is 0 Å². The molecule has 6 nitrogen and oxygen atoms in total. The minimum atomic E-state index is -0.858. The van der Waals surface area contributed by atoms with E-state index < -0.39 is 17.9 Å². The van der Waals surface area contributed by atoms with E-state index in [0.29, 0.717) is 11.1 Å². The molecule has 1 N–H and O–H groups in total. The molecule has 6 heteroatoms. The number of benzene rings is 2. The maximum Gasteiger partial charge on any atom is 0.328 e. The number of carbonyl (C=O) groups excluding carboxylic acids is 2. The molecular formula is C21H17N3O3. The fourth-order valence-electron chi connectivity index (χ4n) is 2.71. The predicted molar refractivity (Wildman–Crippen MR) is 99.9 cm³/mol. The quantitative estimate of drug-likeness (QED) is 0.707. The largest absolute Gasteiger partial charge is 0.467 e. The highest BCUT2D eigenvalue weighted by Gasteiger charge is 2.23. The maximum absolute atomic E-state index is 12.6. The van der Waals surface area contributed by atoms with Crippen LogP contribution in [-0.2, 0) is 16.0 Å². The summed E-state index contributed by atoms with van der Waals surface area (Å²) in [6, 6.07) is 18.9. The zero-order valence-corrected chi connectivity index (χ0v) is 14.7. The van der Waals surface area contributed by atoms with Gasteiger partial charge in [0.25, 0.3) is 5.91 Å². The molecular weight excluding hydrogens is 342 g/mol. The van der Waals surface area contributed by atoms with E-state index in [0.717, 1.165) is 10.9 Å². The molecule has 3 aromatic rings. The summed E-state index contributed by atoms with van der Waals surface area (Å²) in [7, 11) is 1.27. The number of hydrogen-bond acceptors (Lipinski definition) is 5. The summed E-state index contributed by atoms with van der Waals surface area (Å²) < 4.78 is 4.81. The number of carbonyl (C=O) groups is 2. The van der Waals surface area contributed by atoms with Crippen molar-refractivity contribution in [2.24, 2.45) is 0 Å². The summed E-state index contributed by atoms with van der Waals surface area (Å²) in [5.74, 6) is -1.00. The maximum atomic E-state index is 12.6. The molecule has 0 bridgehead atoms. The van der Waals surface area contributed by atoms with Crippen LogP contribution in [0, 0.1) is 11.3 Å². The van der Waals surface area contributed by atoms with Crippen molar-refractivity contribution >= 4 is 22.8 Å². The molecule has 3 rings (SSSR count). The Morgan fingerprint density at radius 2 is 1.85 bits per heavy atom. The number of ether oxygens (including phenoxy) is 1. The van der Waals surface area contributed by atoms with Crippen LogP contribution in [0.3, 0.4) is 0 Å². The van der Waals surface area contributed by atoms with Crippen molar-refractivity contribution < 1.29 is 14.3 Å². The molecule has 0 spiro atoms. The Morgan fingerprint density at radius 1 is 1.11 bits per heavy atom. The van der Waals surface area contributed by atoms with Gasteiger partial charge in [0.1, 0.15) is 11.7 Å². The third-order valence-corrected chi connectivity index (χ3v) is 4.14. The molecule has 0 saturated carbocycles. The van der Waals surface area contributed by atoms with Gasteiger partial charge < -0.3 is 10.1 Å². The first-order valence-corrected chi connectivity index (χ1v) is 8.34. The highest BCUT2D eigenvalue weighted by molar-refractivity contribution is 5.97. The lowest BCUT2D eigenvalue weighted by atomic mass is 10.0. The first kappa shape index (κ1) is 18.1. The van der Waals surface area contributed by atoms with E-state index in [1.807, 2.05) is 36.4 Å². The first-order chi connectivity index (χ1) is 13.1. The first-order valence-electron chi connectivity index (χ1n) is 8.34. The van der Waals surface area contributed by atoms with Crippen molar-refractivity contribution in [3.05, 3.63) is 77.5 Å². The normalized spacial score (nSPS) is 11.4. The van der Waals surface area contributed by atoms with E-state index in [2.05, 4.69) is 10.3 Å². The second-order valence-electron chi connectivity index (χ2n) is 5.95. The molecule has 27 heavy (non-hydrogen) atoms. The standard InChI is InChI=1S/C21H17N3O3/c1-27-21(26)19(12-14-6-8-15(13-22)9-7-14)24-20(25)18-11-10-16-4-2-3-5-17(16)23-18/h2-11,19H,12H2,1H3,(H,24,25)/t19-/m0/s1. The van der Waals surface area contributed by atoms with Gasteiger partial charge >= 0.3 is 5.97 Å². The van der Waals surface area contributed by atoms with Gasteiger partial charge in [-0.25, -0.2) is 9.78 Å². The Bertz CT molecular complexity index is 1020.